The van der Waals surface area contributed by atoms with E-state index < -0.39 is 5.91 Å². The molecule has 0 aliphatic rings. The molecule has 3 rings (SSSR count). The summed E-state index contributed by atoms with van der Waals surface area (Å²) < 4.78 is 8.69. The van der Waals surface area contributed by atoms with E-state index in [4.69, 9.17) is 27.9 Å². The molecule has 0 aliphatic heterocycles. The van der Waals surface area contributed by atoms with Crippen molar-refractivity contribution in [2.45, 2.75) is 20.8 Å². The Bertz CT molecular complexity index is 1110. The Morgan fingerprint density at radius 3 is 2.28 bits per heavy atom. The molecule has 3 aromatic rings. The van der Waals surface area contributed by atoms with Gasteiger partial charge in [-0.1, -0.05) is 41.4 Å². The van der Waals surface area contributed by atoms with Crippen molar-refractivity contribution in [2.75, 3.05) is 11.9 Å². The van der Waals surface area contributed by atoms with Crippen molar-refractivity contribution in [2.24, 2.45) is 7.05 Å². The average molecular weight is 435 g/mol. The van der Waals surface area contributed by atoms with Crippen LogP contribution >= 0.6 is 23.2 Å². The van der Waals surface area contributed by atoms with Crippen molar-refractivity contribution < 1.29 is 9.53 Å². The van der Waals surface area contributed by atoms with E-state index in [9.17, 15) is 9.59 Å². The molecule has 0 spiro atoms. The average Bonchev–Trinajstić information content (AvgIpc) is 2.90. The van der Waals surface area contributed by atoms with Crippen LogP contribution in [0.5, 0.6) is 5.75 Å². The molecule has 0 atom stereocenters. The Kier molecular flexibility index (Phi) is 6.00. The van der Waals surface area contributed by atoms with Crippen LogP contribution in [0, 0.1) is 20.8 Å². The van der Waals surface area contributed by atoms with Gasteiger partial charge >= 0.3 is 0 Å². The number of halogens is 2. The van der Waals surface area contributed by atoms with Crippen LogP contribution in [0.2, 0.25) is 10.0 Å². The summed E-state index contributed by atoms with van der Waals surface area (Å²) in [7, 11) is 1.75. The Hall–Kier alpha value is -2.77. The highest BCUT2D eigenvalue weighted by atomic mass is 35.5. The molecule has 152 valence electrons. The van der Waals surface area contributed by atoms with Crippen molar-refractivity contribution >= 4 is 34.8 Å². The standard InChI is InChI=1S/C20H20Cl2N4O3/c1-11-16(21)19(17(22)12(2)23-11)29-10-15(27)24-18-13(3)25(4)26(20(18)28)14-8-6-5-7-9-14/h5-9H,10H2,1-4H3,(H,24,27). The smallest absolute Gasteiger partial charge is 0.295 e. The molecule has 0 saturated carbocycles. The predicted octanol–water partition coefficient (Wildman–Crippen LogP) is 3.82. The predicted molar refractivity (Wildman–Crippen MR) is 114 cm³/mol. The summed E-state index contributed by atoms with van der Waals surface area (Å²) in [6, 6.07) is 9.16. The van der Waals surface area contributed by atoms with Crippen LogP contribution in [-0.4, -0.2) is 26.9 Å². The number of benzene rings is 1. The van der Waals surface area contributed by atoms with Gasteiger partial charge in [0.05, 0.1) is 22.8 Å². The molecule has 1 N–H and O–H groups in total. The van der Waals surface area contributed by atoms with Gasteiger partial charge in [0.25, 0.3) is 11.5 Å². The highest BCUT2D eigenvalue weighted by Gasteiger charge is 2.20. The van der Waals surface area contributed by atoms with E-state index in [-0.39, 0.29) is 33.6 Å². The lowest BCUT2D eigenvalue weighted by Gasteiger charge is -2.12. The van der Waals surface area contributed by atoms with Gasteiger partial charge in [0.2, 0.25) is 0 Å². The molecule has 0 bridgehead atoms. The highest BCUT2D eigenvalue weighted by molar-refractivity contribution is 6.37. The van der Waals surface area contributed by atoms with Crippen LogP contribution in [0.15, 0.2) is 35.1 Å². The molecule has 2 aromatic heterocycles. The molecule has 1 aromatic carbocycles. The zero-order chi connectivity index (χ0) is 21.3. The van der Waals surface area contributed by atoms with E-state index in [1.54, 1.807) is 32.5 Å². The van der Waals surface area contributed by atoms with E-state index in [0.29, 0.717) is 22.8 Å². The number of rotatable bonds is 5. The maximum atomic E-state index is 12.9. The van der Waals surface area contributed by atoms with E-state index >= 15 is 0 Å². The van der Waals surface area contributed by atoms with Crippen LogP contribution < -0.4 is 15.6 Å². The Morgan fingerprint density at radius 1 is 1.10 bits per heavy atom. The third kappa shape index (κ3) is 4.02. The first-order valence-corrected chi connectivity index (χ1v) is 9.56. The van der Waals surface area contributed by atoms with Crippen molar-refractivity contribution in [1.82, 2.24) is 14.3 Å². The first kappa shape index (κ1) is 21.0. The second-order valence-corrected chi connectivity index (χ2v) is 7.27. The number of para-hydroxylation sites is 1. The number of aromatic nitrogens is 3. The summed E-state index contributed by atoms with van der Waals surface area (Å²) in [6.07, 6.45) is 0. The summed E-state index contributed by atoms with van der Waals surface area (Å²) in [5.41, 5.74) is 2.25. The summed E-state index contributed by atoms with van der Waals surface area (Å²) in [5.74, 6) is -0.310. The minimum atomic E-state index is -0.504. The lowest BCUT2D eigenvalue weighted by Crippen LogP contribution is -2.26. The Labute approximate surface area is 177 Å². The number of nitrogens with zero attached hydrogens (tertiary/aromatic N) is 3. The SMILES string of the molecule is Cc1nc(C)c(Cl)c(OCC(=O)Nc2c(C)n(C)n(-c3ccccc3)c2=O)c1Cl. The van der Waals surface area contributed by atoms with E-state index in [2.05, 4.69) is 10.3 Å². The minimum absolute atomic E-state index is 0.184. The molecule has 0 saturated heterocycles. The largest absolute Gasteiger partial charge is 0.480 e. The lowest BCUT2D eigenvalue weighted by atomic mass is 10.3. The van der Waals surface area contributed by atoms with Gasteiger partial charge in [-0.05, 0) is 32.9 Å². The van der Waals surface area contributed by atoms with Gasteiger partial charge in [0.1, 0.15) is 15.7 Å². The minimum Gasteiger partial charge on any atom is -0.480 e. The normalized spacial score (nSPS) is 10.8. The Balaban J connectivity index is 1.82. The van der Waals surface area contributed by atoms with E-state index in [0.717, 1.165) is 0 Å². The maximum absolute atomic E-state index is 12.9. The fourth-order valence-electron chi connectivity index (χ4n) is 2.93. The number of carbonyl (C=O) groups excluding carboxylic acids is 1. The molecule has 0 radical (unpaired) electrons. The van der Waals surface area contributed by atoms with Gasteiger partial charge in [-0.15, -0.1) is 0 Å². The second kappa shape index (κ2) is 8.31. The van der Waals surface area contributed by atoms with Gasteiger partial charge in [-0.3, -0.25) is 19.3 Å². The molecule has 7 nitrogen and oxygen atoms in total. The van der Waals surface area contributed by atoms with Gasteiger partial charge in [-0.25, -0.2) is 4.68 Å². The van der Waals surface area contributed by atoms with Crippen molar-refractivity contribution in [1.29, 1.82) is 0 Å². The number of carbonyl (C=O) groups is 1. The second-order valence-electron chi connectivity index (χ2n) is 6.51. The lowest BCUT2D eigenvalue weighted by molar-refractivity contribution is -0.118. The number of amides is 1. The van der Waals surface area contributed by atoms with Crippen molar-refractivity contribution in [3.8, 4) is 11.4 Å². The van der Waals surface area contributed by atoms with Crippen LogP contribution in [-0.2, 0) is 11.8 Å². The van der Waals surface area contributed by atoms with Crippen molar-refractivity contribution in [3.63, 3.8) is 0 Å². The summed E-state index contributed by atoms with van der Waals surface area (Å²) in [6.45, 7) is 4.83. The fraction of sp³-hybridized carbons (Fsp3) is 0.250. The number of ether oxygens (including phenoxy) is 1. The Morgan fingerprint density at radius 2 is 1.69 bits per heavy atom. The van der Waals surface area contributed by atoms with Gasteiger partial charge in [-0.2, -0.15) is 0 Å². The molecule has 1 amide bonds. The molecule has 29 heavy (non-hydrogen) atoms. The number of aryl methyl sites for hydroxylation is 2. The number of anilines is 1. The number of pyridine rings is 1. The third-order valence-electron chi connectivity index (χ3n) is 4.54. The van der Waals surface area contributed by atoms with Gasteiger partial charge in [0.15, 0.2) is 12.4 Å². The molecule has 0 aliphatic carbocycles. The number of hydrogen-bond donors (Lipinski definition) is 1. The van der Waals surface area contributed by atoms with Crippen LogP contribution in [0.1, 0.15) is 17.1 Å². The molecular weight excluding hydrogens is 415 g/mol. The van der Waals surface area contributed by atoms with Crippen LogP contribution in [0.4, 0.5) is 5.69 Å². The first-order chi connectivity index (χ1) is 13.7. The van der Waals surface area contributed by atoms with Gasteiger partial charge < -0.3 is 10.1 Å². The number of nitrogens with one attached hydrogen (secondary N) is 1. The topological polar surface area (TPSA) is 78.2 Å². The molecule has 0 fully saturated rings. The van der Waals surface area contributed by atoms with Gasteiger partial charge in [0, 0.05) is 7.05 Å². The highest BCUT2D eigenvalue weighted by Crippen LogP contribution is 2.36. The fourth-order valence-corrected chi connectivity index (χ4v) is 3.36. The molecule has 0 unspecified atom stereocenters. The molecule has 2 heterocycles. The first-order valence-electron chi connectivity index (χ1n) is 8.81. The number of hydrogen-bond acceptors (Lipinski definition) is 4. The monoisotopic (exact) mass is 434 g/mol. The summed E-state index contributed by atoms with van der Waals surface area (Å²) in [4.78, 5) is 29.5. The maximum Gasteiger partial charge on any atom is 0.295 e. The molecular formula is C20H20Cl2N4O3. The van der Waals surface area contributed by atoms with Crippen LogP contribution in [0.25, 0.3) is 5.69 Å². The third-order valence-corrected chi connectivity index (χ3v) is 5.43. The zero-order valence-electron chi connectivity index (χ0n) is 16.4. The van der Waals surface area contributed by atoms with Crippen LogP contribution in [0.3, 0.4) is 0 Å². The summed E-state index contributed by atoms with van der Waals surface area (Å²) >= 11 is 12.4. The summed E-state index contributed by atoms with van der Waals surface area (Å²) in [5, 5.41) is 3.12. The van der Waals surface area contributed by atoms with E-state index in [1.165, 1.54) is 4.68 Å². The van der Waals surface area contributed by atoms with E-state index in [1.807, 2.05) is 30.3 Å². The quantitative estimate of drug-likeness (QED) is 0.661. The zero-order valence-corrected chi connectivity index (χ0v) is 17.9. The van der Waals surface area contributed by atoms with Crippen molar-refractivity contribution in [3.05, 3.63) is 67.8 Å². The molecule has 9 heteroatoms.